The number of benzene rings is 1. The second kappa shape index (κ2) is 6.20. The Hall–Kier alpha value is -0.690. The highest BCUT2D eigenvalue weighted by atomic mass is 35.5. The lowest BCUT2D eigenvalue weighted by Gasteiger charge is -2.48. The van der Waals surface area contributed by atoms with Crippen LogP contribution in [0.1, 0.15) is 24.5 Å². The lowest BCUT2D eigenvalue weighted by atomic mass is 9.87. The molecule has 5 nitrogen and oxygen atoms in total. The topological polar surface area (TPSA) is 79.2 Å². The molecule has 6 heteroatoms. The Labute approximate surface area is 129 Å². The molecule has 0 bridgehead atoms. The number of aryl methyl sites for hydroxylation is 1. The first-order valence-electron chi connectivity index (χ1n) is 6.91. The number of aliphatic hydroxyl groups excluding tert-OH is 3. The average molecular weight is 317 g/mol. The van der Waals surface area contributed by atoms with E-state index in [1.807, 2.05) is 13.8 Å². The van der Waals surface area contributed by atoms with Crippen molar-refractivity contribution in [2.75, 3.05) is 7.11 Å². The monoisotopic (exact) mass is 316 g/mol. The van der Waals surface area contributed by atoms with E-state index in [2.05, 4.69) is 0 Å². The number of hydrogen-bond donors (Lipinski definition) is 3. The van der Waals surface area contributed by atoms with Gasteiger partial charge in [-0.05, 0) is 25.0 Å². The Morgan fingerprint density at radius 1 is 1.29 bits per heavy atom. The van der Waals surface area contributed by atoms with Crippen LogP contribution in [0.15, 0.2) is 18.2 Å². The minimum absolute atomic E-state index is 0.468. The van der Waals surface area contributed by atoms with E-state index in [-0.39, 0.29) is 0 Å². The van der Waals surface area contributed by atoms with Crippen LogP contribution < -0.4 is 0 Å². The van der Waals surface area contributed by atoms with Crippen molar-refractivity contribution in [2.24, 2.45) is 0 Å². The van der Waals surface area contributed by atoms with Crippen molar-refractivity contribution in [3.63, 3.8) is 0 Å². The fourth-order valence-electron chi connectivity index (χ4n) is 2.66. The summed E-state index contributed by atoms with van der Waals surface area (Å²) in [5.41, 5.74) is 1.38. The van der Waals surface area contributed by atoms with Crippen molar-refractivity contribution in [2.45, 2.75) is 50.5 Å². The van der Waals surface area contributed by atoms with Gasteiger partial charge < -0.3 is 24.8 Å². The van der Waals surface area contributed by atoms with Gasteiger partial charge in [-0.25, -0.2) is 0 Å². The standard InChI is InChI=1S/C15H21ClO5/c1-4-11-12(17)13(18)14(19)15(20-3,21-11)9-6-5-8(2)10(16)7-9/h5-7,11-14,17-19H,4H2,1-3H3/t11-,12-,13+,14-,15+/m1/s1. The van der Waals surface area contributed by atoms with Gasteiger partial charge in [0.1, 0.15) is 18.3 Å². The van der Waals surface area contributed by atoms with E-state index in [0.717, 1.165) is 5.56 Å². The van der Waals surface area contributed by atoms with E-state index in [9.17, 15) is 15.3 Å². The number of halogens is 1. The van der Waals surface area contributed by atoms with Crippen molar-refractivity contribution in [1.29, 1.82) is 0 Å². The molecule has 1 heterocycles. The minimum Gasteiger partial charge on any atom is -0.388 e. The van der Waals surface area contributed by atoms with Crippen LogP contribution in [-0.2, 0) is 15.3 Å². The van der Waals surface area contributed by atoms with Gasteiger partial charge in [-0.3, -0.25) is 0 Å². The van der Waals surface area contributed by atoms with Crippen LogP contribution in [0.2, 0.25) is 5.02 Å². The summed E-state index contributed by atoms with van der Waals surface area (Å²) in [5.74, 6) is -1.56. The maximum absolute atomic E-state index is 10.4. The third-order valence-corrected chi connectivity index (χ3v) is 4.46. The van der Waals surface area contributed by atoms with Crippen LogP contribution in [0.4, 0.5) is 0 Å². The summed E-state index contributed by atoms with van der Waals surface area (Å²) < 4.78 is 11.2. The van der Waals surface area contributed by atoms with E-state index in [1.165, 1.54) is 7.11 Å². The molecule has 0 unspecified atom stereocenters. The second-order valence-corrected chi connectivity index (χ2v) is 5.73. The fraction of sp³-hybridized carbons (Fsp3) is 0.600. The second-order valence-electron chi connectivity index (χ2n) is 5.33. The zero-order chi connectivity index (χ0) is 15.8. The van der Waals surface area contributed by atoms with Gasteiger partial charge in [-0.1, -0.05) is 30.7 Å². The largest absolute Gasteiger partial charge is 0.388 e. The molecule has 1 aromatic carbocycles. The Morgan fingerprint density at radius 2 is 1.95 bits per heavy atom. The van der Waals surface area contributed by atoms with Crippen LogP contribution in [-0.4, -0.2) is 46.8 Å². The summed E-state index contributed by atoms with van der Waals surface area (Å²) in [6, 6.07) is 5.15. The molecule has 0 spiro atoms. The van der Waals surface area contributed by atoms with Crippen molar-refractivity contribution in [3.05, 3.63) is 34.3 Å². The maximum atomic E-state index is 10.4. The molecule has 0 aromatic heterocycles. The smallest absolute Gasteiger partial charge is 0.224 e. The van der Waals surface area contributed by atoms with Gasteiger partial charge in [0.25, 0.3) is 0 Å². The van der Waals surface area contributed by atoms with Gasteiger partial charge >= 0.3 is 0 Å². The van der Waals surface area contributed by atoms with Crippen LogP contribution in [0.5, 0.6) is 0 Å². The molecule has 0 radical (unpaired) electrons. The molecule has 0 aliphatic carbocycles. The first kappa shape index (κ1) is 16.7. The maximum Gasteiger partial charge on any atom is 0.224 e. The van der Waals surface area contributed by atoms with Crippen molar-refractivity contribution in [3.8, 4) is 0 Å². The van der Waals surface area contributed by atoms with Gasteiger partial charge in [-0.15, -0.1) is 0 Å². The molecule has 2 rings (SSSR count). The molecule has 0 amide bonds. The van der Waals surface area contributed by atoms with Crippen LogP contribution in [0.25, 0.3) is 0 Å². The zero-order valence-corrected chi connectivity index (χ0v) is 13.0. The molecule has 1 fully saturated rings. The fourth-order valence-corrected chi connectivity index (χ4v) is 2.84. The molecule has 1 saturated heterocycles. The lowest BCUT2D eigenvalue weighted by molar-refractivity contribution is -0.363. The SMILES string of the molecule is CC[C@H]1O[C@@](OC)(c2ccc(C)c(Cl)c2)[C@H](O)[C@@H](O)[C@@H]1O. The predicted octanol–water partition coefficient (Wildman–Crippen LogP) is 1.34. The molecular formula is C15H21ClO5. The van der Waals surface area contributed by atoms with E-state index in [1.54, 1.807) is 18.2 Å². The zero-order valence-electron chi connectivity index (χ0n) is 12.3. The summed E-state index contributed by atoms with van der Waals surface area (Å²) >= 11 is 6.13. The third-order valence-electron chi connectivity index (χ3n) is 4.05. The summed E-state index contributed by atoms with van der Waals surface area (Å²) in [4.78, 5) is 0. The third kappa shape index (κ3) is 2.70. The highest BCUT2D eigenvalue weighted by Gasteiger charge is 2.54. The molecule has 1 aliphatic heterocycles. The first-order valence-corrected chi connectivity index (χ1v) is 7.29. The normalized spacial score (nSPS) is 36.7. The highest BCUT2D eigenvalue weighted by Crippen LogP contribution is 2.40. The average Bonchev–Trinajstić information content (AvgIpc) is 2.49. The molecule has 21 heavy (non-hydrogen) atoms. The summed E-state index contributed by atoms with van der Waals surface area (Å²) in [5, 5.41) is 31.0. The lowest BCUT2D eigenvalue weighted by Crippen LogP contribution is -2.63. The Balaban J connectivity index is 2.49. The van der Waals surface area contributed by atoms with Crippen molar-refractivity contribution in [1.82, 2.24) is 0 Å². The van der Waals surface area contributed by atoms with Gasteiger partial charge in [-0.2, -0.15) is 0 Å². The van der Waals surface area contributed by atoms with E-state index >= 15 is 0 Å². The molecule has 1 aromatic rings. The first-order chi connectivity index (χ1) is 9.87. The Kier molecular flexibility index (Phi) is 4.92. The molecule has 1 aliphatic rings. The predicted molar refractivity (Wildman–Crippen MR) is 78.1 cm³/mol. The number of rotatable bonds is 3. The van der Waals surface area contributed by atoms with Crippen molar-refractivity contribution >= 4 is 11.6 Å². The van der Waals surface area contributed by atoms with Crippen LogP contribution in [0.3, 0.4) is 0 Å². The quantitative estimate of drug-likeness (QED) is 0.784. The summed E-state index contributed by atoms with van der Waals surface area (Å²) in [7, 11) is 1.38. The molecule has 0 saturated carbocycles. The van der Waals surface area contributed by atoms with Gasteiger partial charge in [0, 0.05) is 17.7 Å². The number of ether oxygens (including phenoxy) is 2. The van der Waals surface area contributed by atoms with Gasteiger partial charge in [0.15, 0.2) is 0 Å². The van der Waals surface area contributed by atoms with Crippen LogP contribution >= 0.6 is 11.6 Å². The summed E-state index contributed by atoms with van der Waals surface area (Å²) in [6.45, 7) is 3.68. The molecule has 118 valence electrons. The Morgan fingerprint density at radius 3 is 2.48 bits per heavy atom. The van der Waals surface area contributed by atoms with E-state index < -0.39 is 30.2 Å². The summed E-state index contributed by atoms with van der Waals surface area (Å²) in [6.07, 6.45) is -4.16. The van der Waals surface area contributed by atoms with Crippen LogP contribution in [0, 0.1) is 6.92 Å². The van der Waals surface area contributed by atoms with Crippen molar-refractivity contribution < 1.29 is 24.8 Å². The minimum atomic E-state index is -1.56. The number of hydrogen-bond acceptors (Lipinski definition) is 5. The molecular weight excluding hydrogens is 296 g/mol. The molecule has 5 atom stereocenters. The van der Waals surface area contributed by atoms with E-state index in [0.29, 0.717) is 17.0 Å². The number of methoxy groups -OCH3 is 1. The van der Waals surface area contributed by atoms with E-state index in [4.69, 9.17) is 21.1 Å². The van der Waals surface area contributed by atoms with Gasteiger partial charge in [0.2, 0.25) is 5.79 Å². The van der Waals surface area contributed by atoms with Gasteiger partial charge in [0.05, 0.1) is 6.10 Å². The molecule has 3 N–H and O–H groups in total. The number of aliphatic hydroxyl groups is 3. The Bertz CT molecular complexity index is 507. The highest BCUT2D eigenvalue weighted by molar-refractivity contribution is 6.31.